The van der Waals surface area contributed by atoms with Crippen LogP contribution in [-0.2, 0) is 4.74 Å². The zero-order valence-electron chi connectivity index (χ0n) is 10.5. The van der Waals surface area contributed by atoms with Crippen LogP contribution in [0.25, 0.3) is 0 Å². The molecule has 100 valence electrons. The van der Waals surface area contributed by atoms with Gasteiger partial charge in [0, 0.05) is 18.9 Å². The number of nitrogens with two attached hydrogens (primary N) is 1. The Balaban J connectivity index is 2.24. The summed E-state index contributed by atoms with van der Waals surface area (Å²) < 4.78 is 5.34. The smallest absolute Gasteiger partial charge is 0.0663 e. The van der Waals surface area contributed by atoms with Crippen LogP contribution in [0.4, 0.5) is 11.4 Å². The quantitative estimate of drug-likeness (QED) is 0.737. The molecule has 4 N–H and O–H groups in total. The molecule has 0 atom stereocenters. The maximum absolute atomic E-state index is 9.64. The molecule has 2 rings (SSSR count). The van der Waals surface area contributed by atoms with Crippen LogP contribution in [0, 0.1) is 6.92 Å². The number of anilines is 2. The van der Waals surface area contributed by atoms with Gasteiger partial charge in [-0.15, -0.1) is 0 Å². The summed E-state index contributed by atoms with van der Waals surface area (Å²) in [7, 11) is 0. The first kappa shape index (κ1) is 13.5. The first-order valence-corrected chi connectivity index (χ1v) is 6.46. The maximum atomic E-state index is 9.64. The van der Waals surface area contributed by atoms with Crippen LogP contribution < -0.4 is 11.1 Å². The lowest BCUT2D eigenvalue weighted by molar-refractivity contribution is 0.0380. The molecular formula is C13H19ClN2O2. The van der Waals surface area contributed by atoms with Crippen molar-refractivity contribution in [2.75, 3.05) is 30.9 Å². The molecule has 5 heteroatoms. The normalized spacial score (nSPS) is 18.6. The van der Waals surface area contributed by atoms with E-state index in [2.05, 4.69) is 5.32 Å². The van der Waals surface area contributed by atoms with Gasteiger partial charge in [0.15, 0.2) is 0 Å². The zero-order chi connectivity index (χ0) is 13.2. The third-order valence-electron chi connectivity index (χ3n) is 3.50. The number of hydrogen-bond donors (Lipinski definition) is 3. The predicted octanol–water partition coefficient (Wildman–Crippen LogP) is 2.18. The van der Waals surface area contributed by atoms with Crippen molar-refractivity contribution in [1.82, 2.24) is 0 Å². The third kappa shape index (κ3) is 2.71. The average Bonchev–Trinajstić information content (AvgIpc) is 2.37. The molecule has 0 unspecified atom stereocenters. The minimum atomic E-state index is -0.317. The van der Waals surface area contributed by atoms with Crippen LogP contribution in [0.3, 0.4) is 0 Å². The van der Waals surface area contributed by atoms with Crippen molar-refractivity contribution in [2.45, 2.75) is 25.3 Å². The van der Waals surface area contributed by atoms with Gasteiger partial charge in [-0.1, -0.05) is 11.6 Å². The van der Waals surface area contributed by atoms with Gasteiger partial charge in [-0.05, 0) is 37.5 Å². The second-order valence-corrected chi connectivity index (χ2v) is 5.27. The molecule has 1 aliphatic heterocycles. The van der Waals surface area contributed by atoms with E-state index in [4.69, 9.17) is 22.1 Å². The van der Waals surface area contributed by atoms with Crippen LogP contribution in [0.2, 0.25) is 5.02 Å². The number of ether oxygens (including phenoxy) is 1. The van der Waals surface area contributed by atoms with E-state index in [1.165, 1.54) is 0 Å². The van der Waals surface area contributed by atoms with Gasteiger partial charge in [0.05, 0.1) is 22.9 Å². The van der Waals surface area contributed by atoms with Gasteiger partial charge in [0.1, 0.15) is 0 Å². The first-order chi connectivity index (χ1) is 8.56. The number of nitrogens with one attached hydrogen (secondary N) is 1. The number of benzene rings is 1. The second kappa shape index (κ2) is 5.34. The molecular weight excluding hydrogens is 252 g/mol. The molecule has 0 bridgehead atoms. The minimum absolute atomic E-state index is 0.0811. The molecule has 0 aromatic heterocycles. The van der Waals surface area contributed by atoms with Crippen LogP contribution in [0.15, 0.2) is 12.1 Å². The Morgan fingerprint density at radius 1 is 1.44 bits per heavy atom. The highest BCUT2D eigenvalue weighted by atomic mass is 35.5. The highest BCUT2D eigenvalue weighted by molar-refractivity contribution is 6.33. The summed E-state index contributed by atoms with van der Waals surface area (Å²) in [6.45, 7) is 3.38. The van der Waals surface area contributed by atoms with Crippen molar-refractivity contribution < 1.29 is 9.84 Å². The number of aliphatic hydroxyl groups excluding tert-OH is 1. The lowest BCUT2D eigenvalue weighted by Gasteiger charge is -2.37. The van der Waals surface area contributed by atoms with E-state index in [9.17, 15) is 5.11 Å². The standard InChI is InChI=1S/C13H19ClN2O2/c1-9-6-11(15)10(14)7-12(9)16-13(8-17)2-4-18-5-3-13/h6-7,16-17H,2-5,8,15H2,1H3. The Labute approximate surface area is 112 Å². The van der Waals surface area contributed by atoms with Gasteiger partial charge >= 0.3 is 0 Å². The number of aryl methyl sites for hydroxylation is 1. The van der Waals surface area contributed by atoms with Gasteiger partial charge in [0.25, 0.3) is 0 Å². The maximum Gasteiger partial charge on any atom is 0.0663 e. The predicted molar refractivity (Wildman–Crippen MR) is 74.1 cm³/mol. The molecule has 0 aliphatic carbocycles. The van der Waals surface area contributed by atoms with Crippen molar-refractivity contribution in [3.8, 4) is 0 Å². The number of halogens is 1. The Morgan fingerprint density at radius 3 is 2.72 bits per heavy atom. The van der Waals surface area contributed by atoms with E-state index in [1.54, 1.807) is 0 Å². The fourth-order valence-corrected chi connectivity index (χ4v) is 2.37. The van der Waals surface area contributed by atoms with E-state index in [1.807, 2.05) is 19.1 Å². The zero-order valence-corrected chi connectivity index (χ0v) is 11.3. The van der Waals surface area contributed by atoms with Crippen molar-refractivity contribution in [1.29, 1.82) is 0 Å². The molecule has 0 radical (unpaired) electrons. The van der Waals surface area contributed by atoms with Crippen LogP contribution >= 0.6 is 11.6 Å². The Morgan fingerprint density at radius 2 is 2.11 bits per heavy atom. The molecule has 1 fully saturated rings. The van der Waals surface area contributed by atoms with Gasteiger partial charge in [0.2, 0.25) is 0 Å². The largest absolute Gasteiger partial charge is 0.398 e. The SMILES string of the molecule is Cc1cc(N)c(Cl)cc1NC1(CO)CCOCC1. The van der Waals surface area contributed by atoms with Crippen molar-refractivity contribution >= 4 is 23.0 Å². The Hall–Kier alpha value is -0.970. The van der Waals surface area contributed by atoms with Crippen LogP contribution in [0.1, 0.15) is 18.4 Å². The fraction of sp³-hybridized carbons (Fsp3) is 0.538. The van der Waals surface area contributed by atoms with E-state index >= 15 is 0 Å². The molecule has 1 aromatic rings. The van der Waals surface area contributed by atoms with Gasteiger partial charge < -0.3 is 20.9 Å². The molecule has 18 heavy (non-hydrogen) atoms. The Kier molecular flexibility index (Phi) is 4.00. The highest BCUT2D eigenvalue weighted by Crippen LogP contribution is 2.31. The fourth-order valence-electron chi connectivity index (χ4n) is 2.21. The average molecular weight is 271 g/mol. The van der Waals surface area contributed by atoms with Crippen LogP contribution in [0.5, 0.6) is 0 Å². The number of nitrogen functional groups attached to an aromatic ring is 1. The molecule has 0 amide bonds. The van der Waals surface area contributed by atoms with Crippen LogP contribution in [-0.4, -0.2) is 30.5 Å². The van der Waals surface area contributed by atoms with Gasteiger partial charge in [-0.2, -0.15) is 0 Å². The molecule has 4 nitrogen and oxygen atoms in total. The molecule has 1 heterocycles. The monoisotopic (exact) mass is 270 g/mol. The molecule has 1 saturated heterocycles. The summed E-state index contributed by atoms with van der Waals surface area (Å²) in [6.07, 6.45) is 1.57. The van der Waals surface area contributed by atoms with E-state index in [0.717, 1.165) is 24.1 Å². The summed E-state index contributed by atoms with van der Waals surface area (Å²) in [5.41, 5.74) is 7.96. The summed E-state index contributed by atoms with van der Waals surface area (Å²) in [6, 6.07) is 3.66. The number of rotatable bonds is 3. The molecule has 0 saturated carbocycles. The van der Waals surface area contributed by atoms with E-state index in [0.29, 0.717) is 23.9 Å². The molecule has 0 spiro atoms. The van der Waals surface area contributed by atoms with Gasteiger partial charge in [-0.25, -0.2) is 0 Å². The minimum Gasteiger partial charge on any atom is -0.398 e. The highest BCUT2D eigenvalue weighted by Gasteiger charge is 2.32. The summed E-state index contributed by atoms with van der Waals surface area (Å²) in [5.74, 6) is 0. The second-order valence-electron chi connectivity index (χ2n) is 4.86. The number of aliphatic hydroxyl groups is 1. The first-order valence-electron chi connectivity index (χ1n) is 6.09. The Bertz CT molecular complexity index is 431. The van der Waals surface area contributed by atoms with Crippen molar-refractivity contribution in [3.05, 3.63) is 22.7 Å². The lowest BCUT2D eigenvalue weighted by atomic mass is 9.90. The number of hydrogen-bond acceptors (Lipinski definition) is 4. The third-order valence-corrected chi connectivity index (χ3v) is 3.82. The van der Waals surface area contributed by atoms with Gasteiger partial charge in [-0.3, -0.25) is 0 Å². The van der Waals surface area contributed by atoms with Crippen molar-refractivity contribution in [3.63, 3.8) is 0 Å². The molecule has 1 aliphatic rings. The summed E-state index contributed by atoms with van der Waals surface area (Å²) >= 11 is 6.04. The van der Waals surface area contributed by atoms with E-state index < -0.39 is 0 Å². The summed E-state index contributed by atoms with van der Waals surface area (Å²) in [5, 5.41) is 13.6. The summed E-state index contributed by atoms with van der Waals surface area (Å²) in [4.78, 5) is 0. The van der Waals surface area contributed by atoms with Crippen molar-refractivity contribution in [2.24, 2.45) is 0 Å². The lowest BCUT2D eigenvalue weighted by Crippen LogP contribution is -2.47. The van der Waals surface area contributed by atoms with E-state index in [-0.39, 0.29) is 12.1 Å². The topological polar surface area (TPSA) is 67.5 Å². The molecule has 1 aromatic carbocycles.